The van der Waals surface area contributed by atoms with E-state index in [0.29, 0.717) is 19.8 Å². The molecule has 17 heavy (non-hydrogen) atoms. The summed E-state index contributed by atoms with van der Waals surface area (Å²) in [6.45, 7) is 1.49. The highest BCUT2D eigenvalue weighted by molar-refractivity contribution is 5.41. The van der Waals surface area contributed by atoms with Crippen molar-refractivity contribution < 1.29 is 13.9 Å². The summed E-state index contributed by atoms with van der Waals surface area (Å²) >= 11 is 0. The SMILES string of the molecule is Nc1ccc(OCCOCc2ccco2)cc1. The van der Waals surface area contributed by atoms with E-state index in [9.17, 15) is 0 Å². The van der Waals surface area contributed by atoms with Gasteiger partial charge in [-0.15, -0.1) is 0 Å². The molecule has 2 aromatic rings. The smallest absolute Gasteiger partial charge is 0.129 e. The number of benzene rings is 1. The van der Waals surface area contributed by atoms with Crippen LogP contribution in [0.3, 0.4) is 0 Å². The molecule has 0 saturated heterocycles. The maximum absolute atomic E-state index is 5.57. The van der Waals surface area contributed by atoms with Crippen molar-refractivity contribution in [1.29, 1.82) is 0 Å². The van der Waals surface area contributed by atoms with Crippen LogP contribution in [0.25, 0.3) is 0 Å². The first-order chi connectivity index (χ1) is 8.34. The zero-order valence-electron chi connectivity index (χ0n) is 9.46. The van der Waals surface area contributed by atoms with Crippen molar-refractivity contribution in [3.8, 4) is 5.75 Å². The standard InChI is InChI=1S/C13H15NO3/c14-11-3-5-12(6-4-11)17-9-8-15-10-13-2-1-7-16-13/h1-7H,8-10,14H2. The van der Waals surface area contributed by atoms with E-state index in [4.69, 9.17) is 19.6 Å². The molecule has 0 fully saturated rings. The van der Waals surface area contributed by atoms with Gasteiger partial charge in [-0.3, -0.25) is 0 Å². The monoisotopic (exact) mass is 233 g/mol. The summed E-state index contributed by atoms with van der Waals surface area (Å²) in [6, 6.07) is 11.0. The Balaban J connectivity index is 1.61. The second-order valence-electron chi connectivity index (χ2n) is 3.55. The molecule has 0 spiro atoms. The van der Waals surface area contributed by atoms with Crippen LogP contribution in [0.15, 0.2) is 47.1 Å². The number of rotatable bonds is 6. The third-order valence-electron chi connectivity index (χ3n) is 2.20. The maximum Gasteiger partial charge on any atom is 0.129 e. The van der Waals surface area contributed by atoms with Gasteiger partial charge in [0.1, 0.15) is 24.7 Å². The van der Waals surface area contributed by atoms with Crippen molar-refractivity contribution in [2.45, 2.75) is 6.61 Å². The highest BCUT2D eigenvalue weighted by Crippen LogP contribution is 2.12. The molecule has 90 valence electrons. The lowest BCUT2D eigenvalue weighted by molar-refractivity contribution is 0.0781. The summed E-state index contributed by atoms with van der Waals surface area (Å²) in [5.41, 5.74) is 6.29. The van der Waals surface area contributed by atoms with Gasteiger partial charge in [-0.05, 0) is 36.4 Å². The minimum absolute atomic E-state index is 0.470. The number of ether oxygens (including phenoxy) is 2. The van der Waals surface area contributed by atoms with Crippen LogP contribution in [0.1, 0.15) is 5.76 Å². The zero-order chi connectivity index (χ0) is 11.9. The van der Waals surface area contributed by atoms with Crippen LogP contribution in [-0.4, -0.2) is 13.2 Å². The van der Waals surface area contributed by atoms with E-state index in [2.05, 4.69) is 0 Å². The van der Waals surface area contributed by atoms with Gasteiger partial charge in [-0.1, -0.05) is 0 Å². The predicted octanol–water partition coefficient (Wildman–Crippen LogP) is 2.46. The van der Waals surface area contributed by atoms with E-state index in [0.717, 1.165) is 17.2 Å². The number of furan rings is 1. The lowest BCUT2D eigenvalue weighted by Crippen LogP contribution is -2.06. The summed E-state index contributed by atoms with van der Waals surface area (Å²) in [4.78, 5) is 0. The molecule has 0 unspecified atom stereocenters. The predicted molar refractivity (Wildman–Crippen MR) is 64.7 cm³/mol. The Labute approximate surface area is 99.9 Å². The van der Waals surface area contributed by atoms with Crippen LogP contribution in [0, 0.1) is 0 Å². The van der Waals surface area contributed by atoms with Gasteiger partial charge in [0.25, 0.3) is 0 Å². The van der Waals surface area contributed by atoms with Crippen molar-refractivity contribution in [1.82, 2.24) is 0 Å². The molecule has 2 rings (SSSR count). The number of nitrogen functional groups attached to an aromatic ring is 1. The van der Waals surface area contributed by atoms with Gasteiger partial charge in [0, 0.05) is 5.69 Å². The number of anilines is 1. The van der Waals surface area contributed by atoms with Crippen molar-refractivity contribution in [2.75, 3.05) is 18.9 Å². The van der Waals surface area contributed by atoms with Crippen molar-refractivity contribution in [3.05, 3.63) is 48.4 Å². The Morgan fingerprint density at radius 3 is 2.59 bits per heavy atom. The lowest BCUT2D eigenvalue weighted by atomic mass is 10.3. The number of hydrogen-bond acceptors (Lipinski definition) is 4. The molecule has 1 heterocycles. The van der Waals surface area contributed by atoms with Crippen LogP contribution in [-0.2, 0) is 11.3 Å². The topological polar surface area (TPSA) is 57.6 Å². The second-order valence-corrected chi connectivity index (χ2v) is 3.55. The van der Waals surface area contributed by atoms with Crippen LogP contribution < -0.4 is 10.5 Å². The highest BCUT2D eigenvalue weighted by Gasteiger charge is 1.96. The first-order valence-corrected chi connectivity index (χ1v) is 5.43. The molecule has 0 aliphatic rings. The number of nitrogens with two attached hydrogens (primary N) is 1. The van der Waals surface area contributed by atoms with Gasteiger partial charge in [-0.2, -0.15) is 0 Å². The third kappa shape index (κ3) is 3.85. The Kier molecular flexibility index (Phi) is 4.05. The van der Waals surface area contributed by atoms with E-state index in [1.54, 1.807) is 18.4 Å². The highest BCUT2D eigenvalue weighted by atomic mass is 16.5. The van der Waals surface area contributed by atoms with Gasteiger partial charge in [-0.25, -0.2) is 0 Å². The molecule has 2 N–H and O–H groups in total. The van der Waals surface area contributed by atoms with Crippen molar-refractivity contribution >= 4 is 5.69 Å². The first kappa shape index (κ1) is 11.5. The summed E-state index contributed by atoms with van der Waals surface area (Å²) < 4.78 is 16.0. The van der Waals surface area contributed by atoms with Gasteiger partial charge >= 0.3 is 0 Å². The van der Waals surface area contributed by atoms with Crippen LogP contribution in [0.5, 0.6) is 5.75 Å². The fraction of sp³-hybridized carbons (Fsp3) is 0.231. The van der Waals surface area contributed by atoms with E-state index in [-0.39, 0.29) is 0 Å². The van der Waals surface area contributed by atoms with Gasteiger partial charge < -0.3 is 19.6 Å². The van der Waals surface area contributed by atoms with Gasteiger partial charge in [0.2, 0.25) is 0 Å². The fourth-order valence-corrected chi connectivity index (χ4v) is 1.35. The van der Waals surface area contributed by atoms with Crippen molar-refractivity contribution in [3.63, 3.8) is 0 Å². The lowest BCUT2D eigenvalue weighted by Gasteiger charge is -2.06. The maximum atomic E-state index is 5.57. The third-order valence-corrected chi connectivity index (χ3v) is 2.20. The largest absolute Gasteiger partial charge is 0.491 e. The quantitative estimate of drug-likeness (QED) is 0.615. The fourth-order valence-electron chi connectivity index (χ4n) is 1.35. The molecule has 0 saturated carbocycles. The molecule has 0 amide bonds. The summed E-state index contributed by atoms with van der Waals surface area (Å²) in [6.07, 6.45) is 1.63. The van der Waals surface area contributed by atoms with Crippen LogP contribution in [0.4, 0.5) is 5.69 Å². The zero-order valence-corrected chi connectivity index (χ0v) is 9.46. The first-order valence-electron chi connectivity index (χ1n) is 5.43. The van der Waals surface area contributed by atoms with E-state index < -0.39 is 0 Å². The average molecular weight is 233 g/mol. The molecule has 0 radical (unpaired) electrons. The molecule has 0 aliphatic heterocycles. The molecule has 4 heteroatoms. The summed E-state index contributed by atoms with van der Waals surface area (Å²) in [5, 5.41) is 0. The van der Waals surface area contributed by atoms with Gasteiger partial charge in [0.05, 0.1) is 12.9 Å². The molecule has 4 nitrogen and oxygen atoms in total. The number of hydrogen-bond donors (Lipinski definition) is 1. The Bertz CT molecular complexity index is 422. The molecule has 0 aliphatic carbocycles. The Morgan fingerprint density at radius 2 is 1.88 bits per heavy atom. The van der Waals surface area contributed by atoms with Crippen molar-refractivity contribution in [2.24, 2.45) is 0 Å². The Hall–Kier alpha value is -1.94. The molecule has 1 aromatic heterocycles. The molecular weight excluding hydrogens is 218 g/mol. The Morgan fingerprint density at radius 1 is 1.06 bits per heavy atom. The molecule has 0 bridgehead atoms. The van der Waals surface area contributed by atoms with E-state index in [1.807, 2.05) is 24.3 Å². The normalized spacial score (nSPS) is 10.4. The molecule has 0 atom stereocenters. The van der Waals surface area contributed by atoms with Gasteiger partial charge in [0.15, 0.2) is 0 Å². The molecule has 1 aromatic carbocycles. The minimum Gasteiger partial charge on any atom is -0.491 e. The van der Waals surface area contributed by atoms with E-state index in [1.165, 1.54) is 0 Å². The summed E-state index contributed by atoms with van der Waals surface area (Å²) in [7, 11) is 0. The van der Waals surface area contributed by atoms with E-state index >= 15 is 0 Å². The molecular formula is C13H15NO3. The van der Waals surface area contributed by atoms with Crippen LogP contribution in [0.2, 0.25) is 0 Å². The van der Waals surface area contributed by atoms with Crippen LogP contribution >= 0.6 is 0 Å². The minimum atomic E-state index is 0.470. The average Bonchev–Trinajstić information content (AvgIpc) is 2.84. The summed E-state index contributed by atoms with van der Waals surface area (Å²) in [5.74, 6) is 1.61. The second kappa shape index (κ2) is 5.96.